The molecule has 2 atom stereocenters. The second kappa shape index (κ2) is 5.93. The Bertz CT molecular complexity index is 647. The van der Waals surface area contributed by atoms with E-state index in [1.54, 1.807) is 6.07 Å². The van der Waals surface area contributed by atoms with Gasteiger partial charge in [-0.3, -0.25) is 4.98 Å². The van der Waals surface area contributed by atoms with Crippen LogP contribution in [-0.4, -0.2) is 22.7 Å². The van der Waals surface area contributed by atoms with Gasteiger partial charge in [-0.05, 0) is 25.0 Å². The Labute approximate surface area is 122 Å². The fourth-order valence-electron chi connectivity index (χ4n) is 3.00. The second-order valence-corrected chi connectivity index (χ2v) is 5.64. The number of fused-ring (bicyclic) bond motifs is 1. The summed E-state index contributed by atoms with van der Waals surface area (Å²) in [5, 5.41) is 13.6. The Morgan fingerprint density at radius 3 is 2.86 bits per heavy atom. The van der Waals surface area contributed by atoms with E-state index in [9.17, 15) is 13.9 Å². The van der Waals surface area contributed by atoms with Crippen molar-refractivity contribution in [2.45, 2.75) is 31.8 Å². The molecule has 3 rings (SSSR count). The summed E-state index contributed by atoms with van der Waals surface area (Å²) in [5.41, 5.74) is 0.807. The Hall–Kier alpha value is -1.75. The van der Waals surface area contributed by atoms with Crippen LogP contribution in [0.3, 0.4) is 0 Å². The lowest BCUT2D eigenvalue weighted by molar-refractivity contribution is 0.0763. The third kappa shape index (κ3) is 2.97. The van der Waals surface area contributed by atoms with Crippen LogP contribution >= 0.6 is 0 Å². The summed E-state index contributed by atoms with van der Waals surface area (Å²) in [4.78, 5) is 3.96. The number of aliphatic hydroxyl groups excluding tert-OH is 1. The second-order valence-electron chi connectivity index (χ2n) is 5.64. The first kappa shape index (κ1) is 14.2. The SMILES string of the molecule is OC1CCCCC1CNc1ccnc2c(F)cc(F)cc12. The minimum absolute atomic E-state index is 0.158. The first-order valence-corrected chi connectivity index (χ1v) is 7.31. The van der Waals surface area contributed by atoms with E-state index in [1.165, 1.54) is 12.3 Å². The molecule has 2 unspecified atom stereocenters. The molecule has 1 aromatic heterocycles. The molecule has 0 bridgehead atoms. The average molecular weight is 292 g/mol. The average Bonchev–Trinajstić information content (AvgIpc) is 2.46. The smallest absolute Gasteiger partial charge is 0.152 e. The standard InChI is InChI=1S/C16H18F2N2O/c17-11-7-12-14(5-6-19-16(12)13(18)8-11)20-9-10-3-1-2-4-15(10)21/h5-8,10,15,21H,1-4,9H2,(H,19,20). The number of aliphatic hydroxyl groups is 1. The van der Waals surface area contributed by atoms with Crippen molar-refractivity contribution in [1.82, 2.24) is 4.98 Å². The largest absolute Gasteiger partial charge is 0.393 e. The first-order valence-electron chi connectivity index (χ1n) is 7.31. The number of nitrogens with one attached hydrogen (secondary N) is 1. The molecule has 1 aliphatic rings. The molecule has 0 saturated heterocycles. The Morgan fingerprint density at radius 2 is 2.05 bits per heavy atom. The van der Waals surface area contributed by atoms with Crippen LogP contribution in [0.25, 0.3) is 10.9 Å². The maximum absolute atomic E-state index is 13.7. The zero-order chi connectivity index (χ0) is 14.8. The van der Waals surface area contributed by atoms with Gasteiger partial charge in [0.1, 0.15) is 11.3 Å². The van der Waals surface area contributed by atoms with E-state index in [0.29, 0.717) is 17.6 Å². The van der Waals surface area contributed by atoms with Gasteiger partial charge in [0.2, 0.25) is 0 Å². The summed E-state index contributed by atoms with van der Waals surface area (Å²) in [6.07, 6.45) is 5.18. The van der Waals surface area contributed by atoms with Crippen molar-refractivity contribution in [2.75, 3.05) is 11.9 Å². The molecule has 1 saturated carbocycles. The summed E-state index contributed by atoms with van der Waals surface area (Å²) >= 11 is 0. The number of hydrogen-bond donors (Lipinski definition) is 2. The monoisotopic (exact) mass is 292 g/mol. The van der Waals surface area contributed by atoms with Crippen molar-refractivity contribution in [3.05, 3.63) is 36.0 Å². The molecule has 1 fully saturated rings. The Kier molecular flexibility index (Phi) is 4.01. The quantitative estimate of drug-likeness (QED) is 0.910. The van der Waals surface area contributed by atoms with Gasteiger partial charge in [-0.15, -0.1) is 0 Å². The number of benzene rings is 1. The van der Waals surface area contributed by atoms with Gasteiger partial charge >= 0.3 is 0 Å². The molecule has 21 heavy (non-hydrogen) atoms. The van der Waals surface area contributed by atoms with Gasteiger partial charge in [-0.25, -0.2) is 8.78 Å². The summed E-state index contributed by atoms with van der Waals surface area (Å²) in [7, 11) is 0. The summed E-state index contributed by atoms with van der Waals surface area (Å²) in [5.74, 6) is -1.10. The van der Waals surface area contributed by atoms with Gasteiger partial charge in [0, 0.05) is 35.8 Å². The van der Waals surface area contributed by atoms with Gasteiger partial charge < -0.3 is 10.4 Å². The minimum Gasteiger partial charge on any atom is -0.393 e. The van der Waals surface area contributed by atoms with Crippen molar-refractivity contribution in [2.24, 2.45) is 5.92 Å². The number of anilines is 1. The number of pyridine rings is 1. The van der Waals surface area contributed by atoms with Crippen LogP contribution in [0.5, 0.6) is 0 Å². The van der Waals surface area contributed by atoms with E-state index in [4.69, 9.17) is 0 Å². The summed E-state index contributed by atoms with van der Waals surface area (Å²) < 4.78 is 27.1. The maximum Gasteiger partial charge on any atom is 0.152 e. The number of nitrogens with zero attached hydrogens (tertiary/aromatic N) is 1. The number of rotatable bonds is 3. The molecular formula is C16H18F2N2O. The zero-order valence-electron chi connectivity index (χ0n) is 11.6. The van der Waals surface area contributed by atoms with Crippen LogP contribution in [0, 0.1) is 17.6 Å². The van der Waals surface area contributed by atoms with Crippen LogP contribution in [0.2, 0.25) is 0 Å². The molecule has 3 nitrogen and oxygen atoms in total. The maximum atomic E-state index is 13.7. The minimum atomic E-state index is -0.661. The van der Waals surface area contributed by atoms with Crippen molar-refractivity contribution in [3.63, 3.8) is 0 Å². The van der Waals surface area contributed by atoms with Crippen LogP contribution in [0.4, 0.5) is 14.5 Å². The van der Waals surface area contributed by atoms with Crippen LogP contribution in [-0.2, 0) is 0 Å². The topological polar surface area (TPSA) is 45.1 Å². The summed E-state index contributed by atoms with van der Waals surface area (Å²) in [6, 6.07) is 3.82. The number of halogens is 2. The fourth-order valence-corrected chi connectivity index (χ4v) is 3.00. The van der Waals surface area contributed by atoms with E-state index in [2.05, 4.69) is 10.3 Å². The van der Waals surface area contributed by atoms with E-state index in [1.807, 2.05) is 0 Å². The van der Waals surface area contributed by atoms with Gasteiger partial charge in [0.25, 0.3) is 0 Å². The molecule has 5 heteroatoms. The lowest BCUT2D eigenvalue weighted by atomic mass is 9.86. The third-order valence-electron chi connectivity index (χ3n) is 4.19. The normalized spacial score (nSPS) is 22.4. The molecule has 1 aliphatic carbocycles. The van der Waals surface area contributed by atoms with E-state index in [-0.39, 0.29) is 17.5 Å². The zero-order valence-corrected chi connectivity index (χ0v) is 11.6. The molecule has 112 valence electrons. The van der Waals surface area contributed by atoms with Crippen LogP contribution < -0.4 is 5.32 Å². The van der Waals surface area contributed by atoms with E-state index < -0.39 is 11.6 Å². The van der Waals surface area contributed by atoms with Crippen LogP contribution in [0.15, 0.2) is 24.4 Å². The predicted molar refractivity (Wildman–Crippen MR) is 78.1 cm³/mol. The number of aromatic nitrogens is 1. The molecule has 0 radical (unpaired) electrons. The van der Waals surface area contributed by atoms with E-state index in [0.717, 1.165) is 31.7 Å². The van der Waals surface area contributed by atoms with Crippen LogP contribution in [0.1, 0.15) is 25.7 Å². The summed E-state index contributed by atoms with van der Waals surface area (Å²) in [6.45, 7) is 0.596. The molecule has 2 N–H and O–H groups in total. The van der Waals surface area contributed by atoms with Crippen molar-refractivity contribution in [1.29, 1.82) is 0 Å². The first-order chi connectivity index (χ1) is 10.1. The highest BCUT2D eigenvalue weighted by atomic mass is 19.1. The Balaban J connectivity index is 1.83. The lowest BCUT2D eigenvalue weighted by Gasteiger charge is -2.28. The highest BCUT2D eigenvalue weighted by molar-refractivity contribution is 5.91. The molecule has 1 heterocycles. The van der Waals surface area contributed by atoms with Crippen molar-refractivity contribution >= 4 is 16.6 Å². The molecule has 0 amide bonds. The Morgan fingerprint density at radius 1 is 1.24 bits per heavy atom. The molecule has 1 aromatic carbocycles. The van der Waals surface area contributed by atoms with Gasteiger partial charge in [-0.1, -0.05) is 12.8 Å². The van der Waals surface area contributed by atoms with Gasteiger partial charge in [0.05, 0.1) is 6.10 Å². The lowest BCUT2D eigenvalue weighted by Crippen LogP contribution is -2.30. The van der Waals surface area contributed by atoms with Gasteiger partial charge in [-0.2, -0.15) is 0 Å². The van der Waals surface area contributed by atoms with Crippen molar-refractivity contribution in [3.8, 4) is 0 Å². The van der Waals surface area contributed by atoms with Gasteiger partial charge in [0.15, 0.2) is 5.82 Å². The molecular weight excluding hydrogens is 274 g/mol. The molecule has 0 spiro atoms. The predicted octanol–water partition coefficient (Wildman–Crippen LogP) is 3.48. The highest BCUT2D eigenvalue weighted by Crippen LogP contribution is 2.28. The third-order valence-corrected chi connectivity index (χ3v) is 4.19. The van der Waals surface area contributed by atoms with Crippen molar-refractivity contribution < 1.29 is 13.9 Å². The highest BCUT2D eigenvalue weighted by Gasteiger charge is 2.22. The molecule has 2 aromatic rings. The molecule has 0 aliphatic heterocycles. The fraction of sp³-hybridized carbons (Fsp3) is 0.438. The van der Waals surface area contributed by atoms with E-state index >= 15 is 0 Å². The number of hydrogen-bond acceptors (Lipinski definition) is 3.